The SMILES string of the molecule is O=C(c1cc(-c2ccccc2)nc(-c2ccccc2)c1)N1CCN(c2ccc(O)cc2)CC1. The molecule has 1 N–H and O–H groups in total. The van der Waals surface area contributed by atoms with Crippen molar-refractivity contribution >= 4 is 11.6 Å². The third-order valence-corrected chi connectivity index (χ3v) is 5.99. The van der Waals surface area contributed by atoms with Gasteiger partial charge in [0.15, 0.2) is 0 Å². The van der Waals surface area contributed by atoms with Gasteiger partial charge in [0, 0.05) is 48.6 Å². The average molecular weight is 436 g/mol. The van der Waals surface area contributed by atoms with Gasteiger partial charge in [-0.1, -0.05) is 60.7 Å². The monoisotopic (exact) mass is 435 g/mol. The van der Waals surface area contributed by atoms with Gasteiger partial charge in [-0.05, 0) is 36.4 Å². The van der Waals surface area contributed by atoms with Crippen molar-refractivity contribution in [3.8, 4) is 28.3 Å². The van der Waals surface area contributed by atoms with Gasteiger partial charge in [0.2, 0.25) is 0 Å². The minimum Gasteiger partial charge on any atom is -0.508 e. The molecule has 0 radical (unpaired) electrons. The lowest BCUT2D eigenvalue weighted by Crippen LogP contribution is -2.48. The van der Waals surface area contributed by atoms with E-state index in [0.717, 1.165) is 41.3 Å². The van der Waals surface area contributed by atoms with Crippen molar-refractivity contribution in [2.24, 2.45) is 0 Å². The first-order valence-electron chi connectivity index (χ1n) is 11.1. The topological polar surface area (TPSA) is 56.7 Å². The number of carbonyl (C=O) groups is 1. The fourth-order valence-corrected chi connectivity index (χ4v) is 4.18. The van der Waals surface area contributed by atoms with Crippen molar-refractivity contribution < 1.29 is 9.90 Å². The second-order valence-electron chi connectivity index (χ2n) is 8.15. The number of hydrogen-bond donors (Lipinski definition) is 1. The van der Waals surface area contributed by atoms with Crippen molar-refractivity contribution in [2.45, 2.75) is 0 Å². The average Bonchev–Trinajstić information content (AvgIpc) is 2.89. The summed E-state index contributed by atoms with van der Waals surface area (Å²) in [5.41, 5.74) is 5.27. The Bertz CT molecular complexity index is 1180. The van der Waals surface area contributed by atoms with Crippen molar-refractivity contribution in [1.82, 2.24) is 9.88 Å². The lowest BCUT2D eigenvalue weighted by molar-refractivity contribution is 0.0747. The summed E-state index contributed by atoms with van der Waals surface area (Å²) in [6.07, 6.45) is 0. The number of anilines is 1. The van der Waals surface area contributed by atoms with Crippen LogP contribution in [-0.4, -0.2) is 47.1 Å². The summed E-state index contributed by atoms with van der Waals surface area (Å²) in [4.78, 5) is 22.5. The van der Waals surface area contributed by atoms with Gasteiger partial charge in [-0.3, -0.25) is 4.79 Å². The first-order valence-corrected chi connectivity index (χ1v) is 11.1. The molecule has 0 atom stereocenters. The molecule has 1 fully saturated rings. The molecule has 1 saturated heterocycles. The summed E-state index contributed by atoms with van der Waals surface area (Å²) in [5.74, 6) is 0.283. The van der Waals surface area contributed by atoms with Crippen molar-refractivity contribution in [1.29, 1.82) is 0 Å². The Hall–Kier alpha value is -4.12. The molecule has 0 saturated carbocycles. The van der Waals surface area contributed by atoms with Crippen molar-refractivity contribution in [3.05, 3.63) is 103 Å². The van der Waals surface area contributed by atoms with Crippen LogP contribution in [0.15, 0.2) is 97.1 Å². The Balaban J connectivity index is 1.41. The molecule has 2 heterocycles. The molecule has 0 bridgehead atoms. The number of piperazine rings is 1. The summed E-state index contributed by atoms with van der Waals surface area (Å²) < 4.78 is 0. The molecule has 0 aliphatic carbocycles. The fourth-order valence-electron chi connectivity index (χ4n) is 4.18. The van der Waals surface area contributed by atoms with Crippen LogP contribution in [0.4, 0.5) is 5.69 Å². The number of rotatable bonds is 4. The Labute approximate surface area is 193 Å². The summed E-state index contributed by atoms with van der Waals surface area (Å²) in [6, 6.07) is 31.0. The van der Waals surface area contributed by atoms with E-state index >= 15 is 0 Å². The molecular formula is C28H25N3O2. The number of phenols is 1. The number of benzene rings is 3. The lowest BCUT2D eigenvalue weighted by Gasteiger charge is -2.36. The molecule has 0 spiro atoms. The normalized spacial score (nSPS) is 13.7. The molecule has 1 aliphatic heterocycles. The van der Waals surface area contributed by atoms with E-state index in [1.165, 1.54) is 0 Å². The highest BCUT2D eigenvalue weighted by Gasteiger charge is 2.23. The third kappa shape index (κ3) is 4.58. The highest BCUT2D eigenvalue weighted by Crippen LogP contribution is 2.26. The second kappa shape index (κ2) is 9.17. The van der Waals surface area contributed by atoms with Gasteiger partial charge in [-0.25, -0.2) is 4.98 Å². The van der Waals surface area contributed by atoms with E-state index in [-0.39, 0.29) is 11.7 Å². The quantitative estimate of drug-likeness (QED) is 0.486. The minimum absolute atomic E-state index is 0.0251. The number of aromatic hydroxyl groups is 1. The number of aromatic nitrogens is 1. The Morgan fingerprint density at radius 3 is 1.73 bits per heavy atom. The van der Waals surface area contributed by atoms with Crippen LogP contribution in [-0.2, 0) is 0 Å². The summed E-state index contributed by atoms with van der Waals surface area (Å²) >= 11 is 0. The number of hydrogen-bond acceptors (Lipinski definition) is 4. The first-order chi connectivity index (χ1) is 16.2. The van der Waals surface area contributed by atoms with E-state index in [2.05, 4.69) is 4.90 Å². The summed E-state index contributed by atoms with van der Waals surface area (Å²) in [7, 11) is 0. The van der Waals surface area contributed by atoms with Crippen LogP contribution in [0.1, 0.15) is 10.4 Å². The van der Waals surface area contributed by atoms with Crippen molar-refractivity contribution in [3.63, 3.8) is 0 Å². The van der Waals surface area contributed by atoms with E-state index < -0.39 is 0 Å². The third-order valence-electron chi connectivity index (χ3n) is 5.99. The Morgan fingerprint density at radius 2 is 1.21 bits per heavy atom. The minimum atomic E-state index is 0.0251. The van der Waals surface area contributed by atoms with Crippen LogP contribution in [0.5, 0.6) is 5.75 Å². The number of pyridine rings is 1. The smallest absolute Gasteiger partial charge is 0.254 e. The van der Waals surface area contributed by atoms with Crippen LogP contribution < -0.4 is 4.90 Å². The number of amides is 1. The maximum Gasteiger partial charge on any atom is 0.254 e. The summed E-state index contributed by atoms with van der Waals surface area (Å²) in [6.45, 7) is 2.78. The van der Waals surface area contributed by atoms with E-state index in [1.54, 1.807) is 12.1 Å². The van der Waals surface area contributed by atoms with E-state index in [0.29, 0.717) is 18.7 Å². The van der Waals surface area contributed by atoms with Crippen LogP contribution in [0.2, 0.25) is 0 Å². The van der Waals surface area contributed by atoms with Gasteiger partial charge in [0.1, 0.15) is 5.75 Å². The van der Waals surface area contributed by atoms with Crippen LogP contribution >= 0.6 is 0 Å². The molecule has 33 heavy (non-hydrogen) atoms. The number of nitrogens with zero attached hydrogens (tertiary/aromatic N) is 3. The molecule has 5 rings (SSSR count). The molecule has 1 aliphatic rings. The maximum absolute atomic E-state index is 13.5. The van der Waals surface area contributed by atoms with E-state index in [4.69, 9.17) is 4.98 Å². The molecule has 4 aromatic rings. The van der Waals surface area contributed by atoms with E-state index in [1.807, 2.05) is 89.8 Å². The van der Waals surface area contributed by atoms with Gasteiger partial charge in [0.25, 0.3) is 5.91 Å². The van der Waals surface area contributed by atoms with Crippen molar-refractivity contribution in [2.75, 3.05) is 31.1 Å². The maximum atomic E-state index is 13.5. The predicted molar refractivity (Wildman–Crippen MR) is 131 cm³/mol. The molecule has 1 amide bonds. The van der Waals surface area contributed by atoms with E-state index in [9.17, 15) is 9.90 Å². The Kier molecular flexibility index (Phi) is 5.77. The largest absolute Gasteiger partial charge is 0.508 e. The number of carbonyl (C=O) groups excluding carboxylic acids is 1. The van der Waals surface area contributed by atoms with Crippen LogP contribution in [0.25, 0.3) is 22.5 Å². The standard InChI is InChI=1S/C28H25N3O2/c32-25-13-11-24(12-14-25)30-15-17-31(18-16-30)28(33)23-19-26(21-7-3-1-4-8-21)29-27(20-23)22-9-5-2-6-10-22/h1-14,19-20,32H,15-18H2. The fraction of sp³-hybridized carbons (Fsp3) is 0.143. The van der Waals surface area contributed by atoms with Gasteiger partial charge in [-0.15, -0.1) is 0 Å². The van der Waals surface area contributed by atoms with Gasteiger partial charge >= 0.3 is 0 Å². The lowest BCUT2D eigenvalue weighted by atomic mass is 10.0. The van der Waals surface area contributed by atoms with Gasteiger partial charge < -0.3 is 14.9 Å². The zero-order valence-electron chi connectivity index (χ0n) is 18.3. The molecule has 5 heteroatoms. The molecule has 3 aromatic carbocycles. The number of phenolic OH excluding ortho intramolecular Hbond substituents is 1. The highest BCUT2D eigenvalue weighted by molar-refractivity contribution is 5.96. The summed E-state index contributed by atoms with van der Waals surface area (Å²) in [5, 5.41) is 9.53. The van der Waals surface area contributed by atoms with Crippen LogP contribution in [0, 0.1) is 0 Å². The highest BCUT2D eigenvalue weighted by atomic mass is 16.3. The molecule has 1 aromatic heterocycles. The predicted octanol–water partition coefficient (Wildman–Crippen LogP) is 5.08. The zero-order chi connectivity index (χ0) is 22.6. The van der Waals surface area contributed by atoms with Crippen LogP contribution in [0.3, 0.4) is 0 Å². The van der Waals surface area contributed by atoms with Gasteiger partial charge in [-0.2, -0.15) is 0 Å². The zero-order valence-corrected chi connectivity index (χ0v) is 18.3. The van der Waals surface area contributed by atoms with Gasteiger partial charge in [0.05, 0.1) is 11.4 Å². The second-order valence-corrected chi connectivity index (χ2v) is 8.15. The Morgan fingerprint density at radius 1 is 0.697 bits per heavy atom. The first kappa shape index (κ1) is 20.8. The molecule has 164 valence electrons. The molecule has 0 unspecified atom stereocenters. The molecular weight excluding hydrogens is 410 g/mol. The molecule has 5 nitrogen and oxygen atoms in total.